The molecule has 88 valence electrons. The summed E-state index contributed by atoms with van der Waals surface area (Å²) in [7, 11) is 0. The topological polar surface area (TPSA) is 51.2 Å². The molecule has 1 aromatic heterocycles. The Morgan fingerprint density at radius 1 is 1.50 bits per heavy atom. The van der Waals surface area contributed by atoms with Gasteiger partial charge in [0.1, 0.15) is 5.69 Å². The number of hydroxylamine groups is 1. The summed E-state index contributed by atoms with van der Waals surface area (Å²) in [5.74, 6) is -0.636. The molecule has 0 atom stereocenters. The number of amides is 1. The Hall–Kier alpha value is -1.63. The van der Waals surface area contributed by atoms with E-state index >= 15 is 0 Å². The summed E-state index contributed by atoms with van der Waals surface area (Å²) < 4.78 is 36.4. The SMILES string of the molecule is CCONC(=O)c1ccc(C(F)(F)F)nc1. The van der Waals surface area contributed by atoms with Crippen LogP contribution in [-0.2, 0) is 11.0 Å². The van der Waals surface area contributed by atoms with E-state index in [0.29, 0.717) is 0 Å². The Labute approximate surface area is 89.4 Å². The lowest BCUT2D eigenvalue weighted by atomic mass is 10.2. The molecule has 0 fully saturated rings. The summed E-state index contributed by atoms with van der Waals surface area (Å²) in [4.78, 5) is 18.9. The van der Waals surface area contributed by atoms with Gasteiger partial charge in [0, 0.05) is 6.20 Å². The zero-order valence-electron chi connectivity index (χ0n) is 8.34. The molecule has 0 aromatic carbocycles. The van der Waals surface area contributed by atoms with E-state index in [0.717, 1.165) is 18.3 Å². The maximum absolute atomic E-state index is 12.1. The van der Waals surface area contributed by atoms with Crippen molar-refractivity contribution in [3.63, 3.8) is 0 Å². The summed E-state index contributed by atoms with van der Waals surface area (Å²) in [6, 6.07) is 1.77. The van der Waals surface area contributed by atoms with E-state index in [1.165, 1.54) is 0 Å². The number of nitrogens with one attached hydrogen (secondary N) is 1. The highest BCUT2D eigenvalue weighted by Crippen LogP contribution is 2.27. The number of halogens is 3. The third-order valence-electron chi connectivity index (χ3n) is 1.63. The number of carbonyl (C=O) groups is 1. The van der Waals surface area contributed by atoms with Gasteiger partial charge in [0.05, 0.1) is 12.2 Å². The Morgan fingerprint density at radius 3 is 2.62 bits per heavy atom. The van der Waals surface area contributed by atoms with Crippen LogP contribution >= 0.6 is 0 Å². The van der Waals surface area contributed by atoms with Crippen molar-refractivity contribution in [2.24, 2.45) is 0 Å². The number of nitrogens with zero attached hydrogens (tertiary/aromatic N) is 1. The predicted molar refractivity (Wildman–Crippen MR) is 48.3 cm³/mol. The highest BCUT2D eigenvalue weighted by atomic mass is 19.4. The number of hydrogen-bond donors (Lipinski definition) is 1. The Morgan fingerprint density at radius 2 is 2.19 bits per heavy atom. The maximum atomic E-state index is 12.1. The summed E-state index contributed by atoms with van der Waals surface area (Å²) in [5, 5.41) is 0. The predicted octanol–water partition coefficient (Wildman–Crippen LogP) is 1.78. The quantitative estimate of drug-likeness (QED) is 0.811. The molecule has 0 bridgehead atoms. The Bertz CT molecular complexity index is 362. The molecule has 1 aromatic rings. The average molecular weight is 234 g/mol. The minimum Gasteiger partial charge on any atom is -0.274 e. The summed E-state index contributed by atoms with van der Waals surface area (Å²) in [6.07, 6.45) is -3.66. The van der Waals surface area contributed by atoms with Crippen LogP contribution in [0.25, 0.3) is 0 Å². The van der Waals surface area contributed by atoms with Crippen LogP contribution in [0, 0.1) is 0 Å². The fourth-order valence-electron chi connectivity index (χ4n) is 0.893. The normalized spacial score (nSPS) is 11.2. The third-order valence-corrected chi connectivity index (χ3v) is 1.63. The van der Waals surface area contributed by atoms with Crippen molar-refractivity contribution in [3.05, 3.63) is 29.6 Å². The molecule has 1 amide bonds. The van der Waals surface area contributed by atoms with Crippen LogP contribution in [0.15, 0.2) is 18.3 Å². The van der Waals surface area contributed by atoms with Crippen molar-refractivity contribution in [1.29, 1.82) is 0 Å². The summed E-state index contributed by atoms with van der Waals surface area (Å²) in [5.41, 5.74) is 1.01. The van der Waals surface area contributed by atoms with Gasteiger partial charge in [-0.05, 0) is 19.1 Å². The molecule has 7 heteroatoms. The van der Waals surface area contributed by atoms with Gasteiger partial charge < -0.3 is 0 Å². The molecule has 0 unspecified atom stereocenters. The Balaban J connectivity index is 2.75. The van der Waals surface area contributed by atoms with Crippen molar-refractivity contribution >= 4 is 5.91 Å². The molecule has 0 radical (unpaired) electrons. The second kappa shape index (κ2) is 4.93. The van der Waals surface area contributed by atoms with Crippen LogP contribution in [0.1, 0.15) is 23.0 Å². The standard InChI is InChI=1S/C9H9F3N2O2/c1-2-16-14-8(15)6-3-4-7(13-5-6)9(10,11)12/h3-5H,2H2,1H3,(H,14,15). The molecular formula is C9H9F3N2O2. The minimum atomic E-state index is -4.51. The molecule has 0 aliphatic heterocycles. The molecule has 0 aliphatic carbocycles. The van der Waals surface area contributed by atoms with Crippen molar-refractivity contribution in [2.45, 2.75) is 13.1 Å². The van der Waals surface area contributed by atoms with Crippen LogP contribution in [0.3, 0.4) is 0 Å². The molecule has 0 saturated heterocycles. The molecule has 0 spiro atoms. The van der Waals surface area contributed by atoms with E-state index in [1.54, 1.807) is 6.92 Å². The number of aromatic nitrogens is 1. The van der Waals surface area contributed by atoms with Gasteiger partial charge in [-0.3, -0.25) is 14.6 Å². The van der Waals surface area contributed by atoms with Gasteiger partial charge in [-0.15, -0.1) is 0 Å². The number of alkyl halides is 3. The first kappa shape index (κ1) is 12.4. The van der Waals surface area contributed by atoms with E-state index in [1.807, 2.05) is 5.48 Å². The maximum Gasteiger partial charge on any atom is 0.433 e. The van der Waals surface area contributed by atoms with Crippen LogP contribution in [0.5, 0.6) is 0 Å². The van der Waals surface area contributed by atoms with Gasteiger partial charge in [0.15, 0.2) is 0 Å². The van der Waals surface area contributed by atoms with Crippen molar-refractivity contribution < 1.29 is 22.8 Å². The van der Waals surface area contributed by atoms with E-state index in [9.17, 15) is 18.0 Å². The number of hydrogen-bond acceptors (Lipinski definition) is 3. The van der Waals surface area contributed by atoms with Crippen LogP contribution < -0.4 is 5.48 Å². The Kier molecular flexibility index (Phi) is 3.83. The summed E-state index contributed by atoms with van der Waals surface area (Å²) in [6.45, 7) is 1.92. The zero-order valence-corrected chi connectivity index (χ0v) is 8.34. The smallest absolute Gasteiger partial charge is 0.274 e. The largest absolute Gasteiger partial charge is 0.433 e. The molecule has 0 saturated carbocycles. The van der Waals surface area contributed by atoms with Gasteiger partial charge in [-0.2, -0.15) is 13.2 Å². The van der Waals surface area contributed by atoms with Crippen LogP contribution in [-0.4, -0.2) is 17.5 Å². The lowest BCUT2D eigenvalue weighted by Crippen LogP contribution is -2.24. The summed E-state index contributed by atoms with van der Waals surface area (Å²) >= 11 is 0. The molecule has 4 nitrogen and oxygen atoms in total. The molecular weight excluding hydrogens is 225 g/mol. The fraction of sp³-hybridized carbons (Fsp3) is 0.333. The van der Waals surface area contributed by atoms with Crippen molar-refractivity contribution in [2.75, 3.05) is 6.61 Å². The molecule has 1 heterocycles. The highest BCUT2D eigenvalue weighted by molar-refractivity contribution is 5.93. The zero-order chi connectivity index (χ0) is 12.2. The van der Waals surface area contributed by atoms with E-state index in [-0.39, 0.29) is 12.2 Å². The van der Waals surface area contributed by atoms with Crippen molar-refractivity contribution in [1.82, 2.24) is 10.5 Å². The second-order valence-electron chi connectivity index (χ2n) is 2.79. The first-order valence-electron chi connectivity index (χ1n) is 4.40. The second-order valence-corrected chi connectivity index (χ2v) is 2.79. The highest BCUT2D eigenvalue weighted by Gasteiger charge is 2.32. The minimum absolute atomic E-state index is 0.00134. The van der Waals surface area contributed by atoms with Gasteiger partial charge in [-0.1, -0.05) is 0 Å². The average Bonchev–Trinajstić information content (AvgIpc) is 2.25. The van der Waals surface area contributed by atoms with E-state index in [2.05, 4.69) is 9.82 Å². The third kappa shape index (κ3) is 3.20. The number of carbonyl (C=O) groups excluding carboxylic acids is 1. The number of rotatable bonds is 3. The molecule has 1 N–H and O–H groups in total. The van der Waals surface area contributed by atoms with Crippen LogP contribution in [0.4, 0.5) is 13.2 Å². The van der Waals surface area contributed by atoms with Crippen LogP contribution in [0.2, 0.25) is 0 Å². The van der Waals surface area contributed by atoms with Gasteiger partial charge in [-0.25, -0.2) is 5.48 Å². The van der Waals surface area contributed by atoms with E-state index < -0.39 is 17.8 Å². The lowest BCUT2D eigenvalue weighted by molar-refractivity contribution is -0.141. The fourth-order valence-corrected chi connectivity index (χ4v) is 0.893. The van der Waals surface area contributed by atoms with Crippen molar-refractivity contribution in [3.8, 4) is 0 Å². The number of pyridine rings is 1. The van der Waals surface area contributed by atoms with Gasteiger partial charge >= 0.3 is 6.18 Å². The van der Waals surface area contributed by atoms with Gasteiger partial charge in [0.2, 0.25) is 0 Å². The first-order chi connectivity index (χ1) is 7.45. The monoisotopic (exact) mass is 234 g/mol. The molecule has 16 heavy (non-hydrogen) atoms. The first-order valence-corrected chi connectivity index (χ1v) is 4.40. The van der Waals surface area contributed by atoms with Gasteiger partial charge in [0.25, 0.3) is 5.91 Å². The lowest BCUT2D eigenvalue weighted by Gasteiger charge is -2.06. The molecule has 1 rings (SSSR count). The van der Waals surface area contributed by atoms with E-state index in [4.69, 9.17) is 0 Å². The molecule has 0 aliphatic rings.